The Bertz CT molecular complexity index is 631. The fourth-order valence-corrected chi connectivity index (χ4v) is 2.87. The summed E-state index contributed by atoms with van der Waals surface area (Å²) in [6.45, 7) is 2.29. The molecule has 0 spiro atoms. The SMILES string of the molecule is Cc1cc(F)c(S(=O)(=O)N(C)CC(C)C(=O)O)cc1F. The van der Waals surface area contributed by atoms with Crippen LogP contribution in [0.5, 0.6) is 0 Å². The molecule has 0 heterocycles. The van der Waals surface area contributed by atoms with Crippen LogP contribution in [0.4, 0.5) is 8.78 Å². The van der Waals surface area contributed by atoms with E-state index in [9.17, 15) is 22.0 Å². The molecule has 0 aliphatic carbocycles. The van der Waals surface area contributed by atoms with Crippen molar-refractivity contribution in [3.05, 3.63) is 29.3 Å². The summed E-state index contributed by atoms with van der Waals surface area (Å²) in [5.74, 6) is -4.06. The lowest BCUT2D eigenvalue weighted by atomic mass is 10.2. The van der Waals surface area contributed by atoms with Crippen LogP contribution in [-0.2, 0) is 14.8 Å². The Labute approximate surface area is 115 Å². The Morgan fingerprint density at radius 3 is 2.40 bits per heavy atom. The van der Waals surface area contributed by atoms with E-state index in [2.05, 4.69) is 0 Å². The van der Waals surface area contributed by atoms with E-state index in [1.165, 1.54) is 13.8 Å². The van der Waals surface area contributed by atoms with Crippen molar-refractivity contribution >= 4 is 16.0 Å². The van der Waals surface area contributed by atoms with Gasteiger partial charge in [0, 0.05) is 13.6 Å². The maximum atomic E-state index is 13.7. The normalized spacial score (nSPS) is 13.5. The standard InChI is InChI=1S/C12H15F2NO4S/c1-7-4-10(14)11(5-9(7)13)20(18,19)15(3)6-8(2)12(16)17/h4-5,8H,6H2,1-3H3,(H,16,17). The quantitative estimate of drug-likeness (QED) is 0.897. The Hall–Kier alpha value is -1.54. The number of hydrogen-bond donors (Lipinski definition) is 1. The van der Waals surface area contributed by atoms with Gasteiger partial charge in [0.05, 0.1) is 5.92 Å². The molecule has 112 valence electrons. The second kappa shape index (κ2) is 5.84. The van der Waals surface area contributed by atoms with E-state index in [0.29, 0.717) is 10.4 Å². The van der Waals surface area contributed by atoms with Crippen LogP contribution in [0.25, 0.3) is 0 Å². The molecule has 0 saturated carbocycles. The first-order chi connectivity index (χ1) is 9.07. The molecule has 5 nitrogen and oxygen atoms in total. The smallest absolute Gasteiger partial charge is 0.307 e. The summed E-state index contributed by atoms with van der Waals surface area (Å²) < 4.78 is 52.0. The van der Waals surface area contributed by atoms with Crippen LogP contribution in [0.2, 0.25) is 0 Å². The Morgan fingerprint density at radius 2 is 1.90 bits per heavy atom. The van der Waals surface area contributed by atoms with Crippen molar-refractivity contribution in [1.29, 1.82) is 0 Å². The number of carbonyl (C=O) groups is 1. The van der Waals surface area contributed by atoms with Gasteiger partial charge in [-0.1, -0.05) is 6.92 Å². The average Bonchev–Trinajstić information content (AvgIpc) is 2.33. The van der Waals surface area contributed by atoms with Crippen LogP contribution in [0.1, 0.15) is 12.5 Å². The van der Waals surface area contributed by atoms with Crippen LogP contribution in [0.3, 0.4) is 0 Å². The van der Waals surface area contributed by atoms with Gasteiger partial charge in [-0.2, -0.15) is 4.31 Å². The maximum absolute atomic E-state index is 13.7. The minimum Gasteiger partial charge on any atom is -0.481 e. The van der Waals surface area contributed by atoms with Crippen molar-refractivity contribution in [2.45, 2.75) is 18.7 Å². The summed E-state index contributed by atoms with van der Waals surface area (Å²) >= 11 is 0. The molecule has 0 saturated heterocycles. The topological polar surface area (TPSA) is 74.7 Å². The Morgan fingerprint density at radius 1 is 1.35 bits per heavy atom. The van der Waals surface area contributed by atoms with Crippen LogP contribution < -0.4 is 0 Å². The molecule has 0 amide bonds. The van der Waals surface area contributed by atoms with Gasteiger partial charge in [0.1, 0.15) is 16.5 Å². The first-order valence-electron chi connectivity index (χ1n) is 5.72. The third-order valence-electron chi connectivity index (χ3n) is 2.85. The molecule has 1 aromatic rings. The van der Waals surface area contributed by atoms with Gasteiger partial charge in [-0.25, -0.2) is 17.2 Å². The lowest BCUT2D eigenvalue weighted by Crippen LogP contribution is -2.34. The van der Waals surface area contributed by atoms with E-state index in [1.807, 2.05) is 0 Å². The highest BCUT2D eigenvalue weighted by Gasteiger charge is 2.28. The van der Waals surface area contributed by atoms with Crippen molar-refractivity contribution < 1.29 is 27.1 Å². The zero-order valence-corrected chi connectivity index (χ0v) is 12.0. The highest BCUT2D eigenvalue weighted by atomic mass is 32.2. The van der Waals surface area contributed by atoms with Crippen molar-refractivity contribution in [1.82, 2.24) is 4.31 Å². The summed E-state index contributed by atoms with van der Waals surface area (Å²) in [4.78, 5) is 9.90. The number of aryl methyl sites for hydroxylation is 1. The van der Waals surface area contributed by atoms with Crippen molar-refractivity contribution in [2.75, 3.05) is 13.6 Å². The molecule has 1 atom stereocenters. The molecule has 0 aromatic heterocycles. The molecule has 1 unspecified atom stereocenters. The highest BCUT2D eigenvalue weighted by Crippen LogP contribution is 2.22. The summed E-state index contributed by atoms with van der Waals surface area (Å²) in [6, 6.07) is 1.39. The van der Waals surface area contributed by atoms with Gasteiger partial charge in [0.15, 0.2) is 0 Å². The van der Waals surface area contributed by atoms with Gasteiger partial charge >= 0.3 is 5.97 Å². The molecule has 1 N–H and O–H groups in total. The molecule has 0 bridgehead atoms. The fraction of sp³-hybridized carbons (Fsp3) is 0.417. The Balaban J connectivity index is 3.17. The van der Waals surface area contributed by atoms with Crippen molar-refractivity contribution in [2.24, 2.45) is 5.92 Å². The number of aliphatic carboxylic acids is 1. The zero-order chi connectivity index (χ0) is 15.7. The molecule has 0 aliphatic heterocycles. The number of hydrogen-bond acceptors (Lipinski definition) is 3. The van der Waals surface area contributed by atoms with Crippen LogP contribution in [-0.4, -0.2) is 37.4 Å². The van der Waals surface area contributed by atoms with Gasteiger partial charge < -0.3 is 5.11 Å². The van der Waals surface area contributed by atoms with Crippen LogP contribution >= 0.6 is 0 Å². The second-order valence-corrected chi connectivity index (χ2v) is 6.57. The fourth-order valence-electron chi connectivity index (χ4n) is 1.56. The number of halogens is 2. The molecule has 1 rings (SSSR count). The zero-order valence-electron chi connectivity index (χ0n) is 11.2. The molecule has 0 radical (unpaired) electrons. The second-order valence-electron chi connectivity index (χ2n) is 4.56. The van der Waals surface area contributed by atoms with Gasteiger partial charge in [-0.05, 0) is 24.6 Å². The third kappa shape index (κ3) is 3.31. The predicted molar refractivity (Wildman–Crippen MR) is 67.7 cm³/mol. The first-order valence-corrected chi connectivity index (χ1v) is 7.16. The van der Waals surface area contributed by atoms with Gasteiger partial charge in [0.2, 0.25) is 10.0 Å². The summed E-state index contributed by atoms with van der Waals surface area (Å²) in [5, 5.41) is 8.75. The summed E-state index contributed by atoms with van der Waals surface area (Å²) in [5.41, 5.74) is -0.0111. The molecule has 20 heavy (non-hydrogen) atoms. The average molecular weight is 307 g/mol. The molecule has 1 aromatic carbocycles. The third-order valence-corrected chi connectivity index (χ3v) is 4.69. The Kier molecular flexibility index (Phi) is 4.82. The van der Waals surface area contributed by atoms with Crippen LogP contribution in [0.15, 0.2) is 17.0 Å². The van der Waals surface area contributed by atoms with Crippen molar-refractivity contribution in [3.8, 4) is 0 Å². The number of carboxylic acid groups (broad SMARTS) is 1. The monoisotopic (exact) mass is 307 g/mol. The molecular formula is C12H15F2NO4S. The largest absolute Gasteiger partial charge is 0.481 e. The lowest BCUT2D eigenvalue weighted by molar-refractivity contribution is -0.141. The molecule has 0 fully saturated rings. The van der Waals surface area contributed by atoms with Gasteiger partial charge in [-0.3, -0.25) is 4.79 Å². The molecular weight excluding hydrogens is 292 g/mol. The lowest BCUT2D eigenvalue weighted by Gasteiger charge is -2.19. The van der Waals surface area contributed by atoms with E-state index in [4.69, 9.17) is 5.11 Å². The minimum absolute atomic E-state index is 0.0111. The van der Waals surface area contributed by atoms with Crippen molar-refractivity contribution in [3.63, 3.8) is 0 Å². The predicted octanol–water partition coefficient (Wildman–Crippen LogP) is 1.61. The summed E-state index contributed by atoms with van der Waals surface area (Å²) in [6.07, 6.45) is 0. The van der Waals surface area contributed by atoms with E-state index in [0.717, 1.165) is 13.1 Å². The van der Waals surface area contributed by atoms with Gasteiger partial charge in [0.25, 0.3) is 0 Å². The van der Waals surface area contributed by atoms with E-state index >= 15 is 0 Å². The number of benzene rings is 1. The van der Waals surface area contributed by atoms with Crippen LogP contribution in [0, 0.1) is 24.5 Å². The molecule has 0 aliphatic rings. The number of sulfonamides is 1. The number of rotatable bonds is 5. The van der Waals surface area contributed by atoms with E-state index in [-0.39, 0.29) is 12.1 Å². The van der Waals surface area contributed by atoms with Gasteiger partial charge in [-0.15, -0.1) is 0 Å². The maximum Gasteiger partial charge on any atom is 0.307 e. The minimum atomic E-state index is -4.28. The van der Waals surface area contributed by atoms with E-state index in [1.54, 1.807) is 0 Å². The highest BCUT2D eigenvalue weighted by molar-refractivity contribution is 7.89. The number of carboxylic acids is 1. The summed E-state index contributed by atoms with van der Waals surface area (Å²) in [7, 11) is -3.17. The molecule has 8 heteroatoms. The first kappa shape index (κ1) is 16.5. The number of nitrogens with zero attached hydrogens (tertiary/aromatic N) is 1. The van der Waals surface area contributed by atoms with E-state index < -0.39 is 38.4 Å².